The smallest absolute Gasteiger partial charge is 0.408 e. The van der Waals surface area contributed by atoms with Crippen LogP contribution >= 0.6 is 0 Å². The van der Waals surface area contributed by atoms with E-state index in [2.05, 4.69) is 10.3 Å². The quantitative estimate of drug-likeness (QED) is 0.490. The molecular formula is C12H16F3N3O. The van der Waals surface area contributed by atoms with E-state index in [1.807, 2.05) is 31.2 Å². The van der Waals surface area contributed by atoms with Crippen molar-refractivity contribution in [1.29, 1.82) is 0 Å². The van der Waals surface area contributed by atoms with E-state index in [0.29, 0.717) is 5.75 Å². The maximum Gasteiger partial charge on any atom is 0.408 e. The Labute approximate surface area is 109 Å². The number of hydrogen-bond donors (Lipinski definition) is 2. The number of nitrogens with one attached hydrogen (secondary N) is 1. The highest BCUT2D eigenvalue weighted by molar-refractivity contribution is 5.77. The summed E-state index contributed by atoms with van der Waals surface area (Å²) in [4.78, 5) is 3.15. The number of halogens is 3. The number of alkyl halides is 3. The van der Waals surface area contributed by atoms with E-state index in [1.165, 1.54) is 0 Å². The Balaban J connectivity index is 2.22. The van der Waals surface area contributed by atoms with Crippen molar-refractivity contribution in [1.82, 2.24) is 5.32 Å². The molecule has 1 rings (SSSR count). The zero-order valence-corrected chi connectivity index (χ0v) is 10.5. The molecule has 4 nitrogen and oxygen atoms in total. The molecule has 1 aromatic rings. The van der Waals surface area contributed by atoms with Crippen molar-refractivity contribution >= 4 is 5.96 Å². The van der Waals surface area contributed by atoms with Gasteiger partial charge in [-0.1, -0.05) is 17.7 Å². The van der Waals surface area contributed by atoms with Gasteiger partial charge in [0.15, 0.2) is 5.96 Å². The van der Waals surface area contributed by atoms with Crippen LogP contribution in [0.3, 0.4) is 0 Å². The number of nitrogens with zero attached hydrogens (tertiary/aromatic N) is 1. The number of guanidine groups is 1. The Hall–Kier alpha value is -1.92. The summed E-state index contributed by atoms with van der Waals surface area (Å²) in [6.07, 6.45) is -4.34. The molecule has 106 valence electrons. The van der Waals surface area contributed by atoms with E-state index >= 15 is 0 Å². The molecule has 0 aliphatic rings. The number of ether oxygens (including phenoxy) is 1. The van der Waals surface area contributed by atoms with Crippen molar-refractivity contribution in [3.05, 3.63) is 29.8 Å². The van der Waals surface area contributed by atoms with E-state index in [1.54, 1.807) is 0 Å². The molecule has 0 saturated carbocycles. The molecule has 0 radical (unpaired) electrons. The second-order valence-corrected chi connectivity index (χ2v) is 3.90. The molecule has 0 aromatic heterocycles. The van der Waals surface area contributed by atoms with E-state index < -0.39 is 12.7 Å². The van der Waals surface area contributed by atoms with Gasteiger partial charge < -0.3 is 15.8 Å². The van der Waals surface area contributed by atoms with Crippen LogP contribution in [-0.2, 0) is 0 Å². The van der Waals surface area contributed by atoms with E-state index in [9.17, 15) is 13.2 Å². The van der Waals surface area contributed by atoms with Gasteiger partial charge in [-0.25, -0.2) is 4.99 Å². The highest BCUT2D eigenvalue weighted by atomic mass is 19.4. The van der Waals surface area contributed by atoms with Gasteiger partial charge in [0.2, 0.25) is 0 Å². The topological polar surface area (TPSA) is 59.6 Å². The summed E-state index contributed by atoms with van der Waals surface area (Å²) < 4.78 is 40.9. The molecule has 0 atom stereocenters. The molecule has 0 unspecified atom stereocenters. The van der Waals surface area contributed by atoms with Gasteiger partial charge in [0, 0.05) is 0 Å². The second kappa shape index (κ2) is 6.86. The lowest BCUT2D eigenvalue weighted by Gasteiger charge is -2.09. The number of benzene rings is 1. The fraction of sp³-hybridized carbons (Fsp3) is 0.417. The summed E-state index contributed by atoms with van der Waals surface area (Å²) in [7, 11) is 0. The van der Waals surface area contributed by atoms with Gasteiger partial charge in [-0.3, -0.25) is 0 Å². The van der Waals surface area contributed by atoms with Crippen molar-refractivity contribution in [2.24, 2.45) is 10.7 Å². The first-order valence-electron chi connectivity index (χ1n) is 5.67. The molecule has 7 heteroatoms. The van der Waals surface area contributed by atoms with Gasteiger partial charge in [0.1, 0.15) is 18.9 Å². The summed E-state index contributed by atoms with van der Waals surface area (Å²) in [6.45, 7) is 1.24. The minimum Gasteiger partial charge on any atom is -0.492 e. The first-order valence-corrected chi connectivity index (χ1v) is 5.67. The number of hydrogen-bond acceptors (Lipinski definition) is 2. The molecule has 0 heterocycles. The average Bonchev–Trinajstić information content (AvgIpc) is 2.33. The summed E-state index contributed by atoms with van der Waals surface area (Å²) in [5.41, 5.74) is 6.38. The van der Waals surface area contributed by atoms with Crippen molar-refractivity contribution in [3.8, 4) is 5.75 Å². The summed E-state index contributed by atoms with van der Waals surface area (Å²) in [6, 6.07) is 7.44. The van der Waals surface area contributed by atoms with Crippen molar-refractivity contribution < 1.29 is 17.9 Å². The average molecular weight is 275 g/mol. The highest BCUT2D eigenvalue weighted by Gasteiger charge is 2.26. The van der Waals surface area contributed by atoms with Gasteiger partial charge in [0.25, 0.3) is 0 Å². The molecule has 0 aliphatic heterocycles. The lowest BCUT2D eigenvalue weighted by molar-refractivity contribution is -0.118. The summed E-state index contributed by atoms with van der Waals surface area (Å²) in [5.74, 6) is 0.447. The Morgan fingerprint density at radius 2 is 1.95 bits per heavy atom. The lowest BCUT2D eigenvalue weighted by atomic mass is 10.2. The minimum absolute atomic E-state index is 0.246. The van der Waals surface area contributed by atoms with Crippen LogP contribution in [0.15, 0.2) is 29.3 Å². The van der Waals surface area contributed by atoms with Gasteiger partial charge in [-0.05, 0) is 19.1 Å². The molecule has 1 aromatic carbocycles. The van der Waals surface area contributed by atoms with Crippen LogP contribution in [0.25, 0.3) is 0 Å². The molecule has 0 saturated heterocycles. The minimum atomic E-state index is -4.34. The SMILES string of the molecule is Cc1ccc(OCCNC(N)=NCC(F)(F)F)cc1. The van der Waals surface area contributed by atoms with E-state index in [-0.39, 0.29) is 19.1 Å². The zero-order chi connectivity index (χ0) is 14.3. The fourth-order valence-electron chi connectivity index (χ4n) is 1.21. The summed E-state index contributed by atoms with van der Waals surface area (Å²) >= 11 is 0. The van der Waals surface area contributed by atoms with Gasteiger partial charge in [-0.2, -0.15) is 13.2 Å². The third-order valence-electron chi connectivity index (χ3n) is 2.13. The number of rotatable bonds is 5. The Morgan fingerprint density at radius 3 is 2.53 bits per heavy atom. The third kappa shape index (κ3) is 7.17. The van der Waals surface area contributed by atoms with Crippen LogP contribution in [0, 0.1) is 6.92 Å². The molecule has 0 aliphatic carbocycles. The molecule has 0 fully saturated rings. The number of nitrogens with two attached hydrogens (primary N) is 1. The molecule has 0 amide bonds. The van der Waals surface area contributed by atoms with Crippen LogP contribution in [0.5, 0.6) is 5.75 Å². The largest absolute Gasteiger partial charge is 0.492 e. The van der Waals surface area contributed by atoms with Crippen molar-refractivity contribution in [3.63, 3.8) is 0 Å². The predicted octanol–water partition coefficient (Wildman–Crippen LogP) is 1.84. The van der Waals surface area contributed by atoms with Gasteiger partial charge in [-0.15, -0.1) is 0 Å². The normalized spacial score (nSPS) is 12.3. The number of aryl methyl sites for hydroxylation is 1. The van der Waals surface area contributed by atoms with Crippen molar-refractivity contribution in [2.75, 3.05) is 19.7 Å². The lowest BCUT2D eigenvalue weighted by Crippen LogP contribution is -2.35. The van der Waals surface area contributed by atoms with Crippen molar-refractivity contribution in [2.45, 2.75) is 13.1 Å². The molecule has 0 spiro atoms. The Bertz CT molecular complexity index is 415. The van der Waals surface area contributed by atoms with Crippen LogP contribution < -0.4 is 15.8 Å². The van der Waals surface area contributed by atoms with Gasteiger partial charge >= 0.3 is 6.18 Å². The number of aliphatic imine (C=N–C) groups is 1. The van der Waals surface area contributed by atoms with Crippen LogP contribution in [0.2, 0.25) is 0 Å². The van der Waals surface area contributed by atoms with E-state index in [0.717, 1.165) is 5.56 Å². The van der Waals surface area contributed by atoms with E-state index in [4.69, 9.17) is 10.5 Å². The Kier molecular flexibility index (Phi) is 5.47. The molecule has 3 N–H and O–H groups in total. The second-order valence-electron chi connectivity index (χ2n) is 3.90. The van der Waals surface area contributed by atoms with Crippen LogP contribution in [-0.4, -0.2) is 31.8 Å². The molecule has 0 bridgehead atoms. The van der Waals surface area contributed by atoms with Crippen LogP contribution in [0.1, 0.15) is 5.56 Å². The third-order valence-corrected chi connectivity index (χ3v) is 2.13. The Morgan fingerprint density at radius 1 is 1.32 bits per heavy atom. The monoisotopic (exact) mass is 275 g/mol. The van der Waals surface area contributed by atoms with Gasteiger partial charge in [0.05, 0.1) is 6.54 Å². The first-order chi connectivity index (χ1) is 8.87. The standard InChI is InChI=1S/C12H16F3N3O/c1-9-2-4-10(5-3-9)19-7-6-17-11(16)18-8-12(13,14)15/h2-5H,6-8H2,1H3,(H3,16,17,18). The predicted molar refractivity (Wildman–Crippen MR) is 67.2 cm³/mol. The first kappa shape index (κ1) is 15.1. The fourth-order valence-corrected chi connectivity index (χ4v) is 1.21. The summed E-state index contributed by atoms with van der Waals surface area (Å²) in [5, 5.41) is 2.54. The highest BCUT2D eigenvalue weighted by Crippen LogP contribution is 2.14. The van der Waals surface area contributed by atoms with Crippen LogP contribution in [0.4, 0.5) is 13.2 Å². The zero-order valence-electron chi connectivity index (χ0n) is 10.5. The molecular weight excluding hydrogens is 259 g/mol. The maximum absolute atomic E-state index is 11.8. The maximum atomic E-state index is 11.8. The molecule has 19 heavy (non-hydrogen) atoms.